The molecule has 0 bridgehead atoms. The number of piperidine rings is 2. The number of sulfonamides is 1. The second-order valence-corrected chi connectivity index (χ2v) is 10.7. The highest BCUT2D eigenvalue weighted by atomic mass is 32.2. The number of rotatable bonds is 7. The Hall–Kier alpha value is -1.70. The van der Waals surface area contributed by atoms with Gasteiger partial charge in [0, 0.05) is 32.4 Å². The zero-order valence-corrected chi connectivity index (χ0v) is 18.9. The van der Waals surface area contributed by atoms with Crippen molar-refractivity contribution in [1.29, 1.82) is 0 Å². The van der Waals surface area contributed by atoms with Gasteiger partial charge in [-0.2, -0.15) is 9.40 Å². The van der Waals surface area contributed by atoms with E-state index in [1.54, 1.807) is 15.2 Å². The maximum Gasteiger partial charge on any atom is 0.246 e. The largest absolute Gasteiger partial charge is 0.299 e. The van der Waals surface area contributed by atoms with Crippen molar-refractivity contribution in [3.63, 3.8) is 0 Å². The maximum atomic E-state index is 12.9. The van der Waals surface area contributed by atoms with Gasteiger partial charge in [-0.3, -0.25) is 9.58 Å². The van der Waals surface area contributed by atoms with E-state index < -0.39 is 10.0 Å². The summed E-state index contributed by atoms with van der Waals surface area (Å²) < 4.78 is 29.0. The lowest BCUT2D eigenvalue weighted by atomic mass is 9.90. The van der Waals surface area contributed by atoms with Crippen LogP contribution in [-0.2, 0) is 29.5 Å². The van der Waals surface area contributed by atoms with Gasteiger partial charge in [-0.15, -0.1) is 0 Å². The van der Waals surface area contributed by atoms with Gasteiger partial charge in [0.15, 0.2) is 0 Å². The lowest BCUT2D eigenvalue weighted by Crippen LogP contribution is -2.38. The van der Waals surface area contributed by atoms with Gasteiger partial charge in [0.1, 0.15) is 4.90 Å². The molecule has 0 unspecified atom stereocenters. The smallest absolute Gasteiger partial charge is 0.246 e. The van der Waals surface area contributed by atoms with E-state index in [9.17, 15) is 8.42 Å². The number of benzene rings is 1. The fraction of sp³-hybridized carbons (Fsp3) is 0.609. The van der Waals surface area contributed by atoms with E-state index in [1.807, 2.05) is 6.92 Å². The molecule has 4 rings (SSSR count). The summed E-state index contributed by atoms with van der Waals surface area (Å²) in [7, 11) is -3.42. The van der Waals surface area contributed by atoms with Crippen molar-refractivity contribution >= 4 is 10.0 Å². The van der Waals surface area contributed by atoms with Crippen LogP contribution < -0.4 is 0 Å². The van der Waals surface area contributed by atoms with E-state index >= 15 is 0 Å². The molecule has 3 heterocycles. The Balaban J connectivity index is 1.28. The van der Waals surface area contributed by atoms with Crippen LogP contribution in [0.15, 0.2) is 41.6 Å². The van der Waals surface area contributed by atoms with Gasteiger partial charge in [0.2, 0.25) is 10.0 Å². The second kappa shape index (κ2) is 9.62. The summed E-state index contributed by atoms with van der Waals surface area (Å²) >= 11 is 0. The Kier molecular flexibility index (Phi) is 6.91. The van der Waals surface area contributed by atoms with E-state index in [4.69, 9.17) is 0 Å². The lowest BCUT2D eigenvalue weighted by molar-refractivity contribution is 0.221. The van der Waals surface area contributed by atoms with E-state index in [0.29, 0.717) is 30.4 Å². The fourth-order valence-corrected chi connectivity index (χ4v) is 6.07. The van der Waals surface area contributed by atoms with Crippen molar-refractivity contribution in [3.05, 3.63) is 47.8 Å². The first-order valence-corrected chi connectivity index (χ1v) is 12.8. The Morgan fingerprint density at radius 1 is 0.967 bits per heavy atom. The van der Waals surface area contributed by atoms with Crippen LogP contribution in [0.2, 0.25) is 0 Å². The number of aryl methyl sites for hydroxylation is 1. The zero-order valence-electron chi connectivity index (χ0n) is 18.0. The van der Waals surface area contributed by atoms with Gasteiger partial charge in [-0.25, -0.2) is 8.42 Å². The molecule has 2 aromatic rings. The highest BCUT2D eigenvalue weighted by Gasteiger charge is 2.30. The first kappa shape index (κ1) is 21.5. The molecular weight excluding hydrogens is 396 g/mol. The third-order valence-corrected chi connectivity index (χ3v) is 8.40. The van der Waals surface area contributed by atoms with Gasteiger partial charge in [0.05, 0.1) is 6.20 Å². The third kappa shape index (κ3) is 5.13. The van der Waals surface area contributed by atoms with Crippen molar-refractivity contribution < 1.29 is 8.42 Å². The Bertz CT molecular complexity index is 909. The van der Waals surface area contributed by atoms with Crippen molar-refractivity contribution in [2.75, 3.05) is 26.2 Å². The monoisotopic (exact) mass is 430 g/mol. The van der Waals surface area contributed by atoms with E-state index in [0.717, 1.165) is 25.8 Å². The molecule has 164 valence electrons. The number of hydrogen-bond acceptors (Lipinski definition) is 4. The van der Waals surface area contributed by atoms with E-state index in [2.05, 4.69) is 34.3 Å². The van der Waals surface area contributed by atoms with Crippen LogP contribution in [0.4, 0.5) is 0 Å². The fourth-order valence-electron chi connectivity index (χ4n) is 4.64. The average molecular weight is 431 g/mol. The molecule has 2 aliphatic heterocycles. The summed E-state index contributed by atoms with van der Waals surface area (Å²) in [5.41, 5.74) is 2.76. The standard InChI is InChI=1S/C23H34N4O2S/c1-2-26-19-23(17-24-26)30(28,29)27-14-10-21(11-15-27)16-20-6-8-22(9-7-20)18-25-12-4-3-5-13-25/h6-9,17,19,21H,2-5,10-16,18H2,1H3. The number of hydrogen-bond donors (Lipinski definition) is 0. The molecule has 7 heteroatoms. The molecule has 0 amide bonds. The minimum atomic E-state index is -3.42. The number of nitrogens with zero attached hydrogens (tertiary/aromatic N) is 4. The zero-order chi connectivity index (χ0) is 21.0. The predicted octanol–water partition coefficient (Wildman–Crippen LogP) is 3.53. The highest BCUT2D eigenvalue weighted by Crippen LogP contribution is 2.26. The summed E-state index contributed by atoms with van der Waals surface area (Å²) in [6.45, 7) is 7.33. The maximum absolute atomic E-state index is 12.9. The molecule has 2 aliphatic rings. The molecule has 0 aliphatic carbocycles. The Labute approximate surface area is 180 Å². The van der Waals surface area contributed by atoms with Gasteiger partial charge in [-0.1, -0.05) is 30.7 Å². The van der Waals surface area contributed by atoms with Gasteiger partial charge in [-0.05, 0) is 69.2 Å². The summed E-state index contributed by atoms with van der Waals surface area (Å²) in [6, 6.07) is 9.08. The molecule has 2 saturated heterocycles. The van der Waals surface area contributed by atoms with Crippen LogP contribution in [0.5, 0.6) is 0 Å². The van der Waals surface area contributed by atoms with Gasteiger partial charge in [0.25, 0.3) is 0 Å². The van der Waals surface area contributed by atoms with Gasteiger partial charge >= 0.3 is 0 Å². The Morgan fingerprint density at radius 2 is 1.63 bits per heavy atom. The van der Waals surface area contributed by atoms with Crippen LogP contribution >= 0.6 is 0 Å². The second-order valence-electron chi connectivity index (χ2n) is 8.74. The van der Waals surface area contributed by atoms with Crippen LogP contribution in [0.3, 0.4) is 0 Å². The quantitative estimate of drug-likeness (QED) is 0.674. The molecule has 0 N–H and O–H groups in total. The van der Waals surface area contributed by atoms with Crippen LogP contribution in [0.25, 0.3) is 0 Å². The number of likely N-dealkylation sites (tertiary alicyclic amines) is 1. The highest BCUT2D eigenvalue weighted by molar-refractivity contribution is 7.89. The normalized spacial score (nSPS) is 19.9. The summed E-state index contributed by atoms with van der Waals surface area (Å²) in [5.74, 6) is 0.544. The third-order valence-electron chi connectivity index (χ3n) is 6.55. The van der Waals surface area contributed by atoms with Crippen molar-refractivity contribution in [1.82, 2.24) is 19.0 Å². The van der Waals surface area contributed by atoms with E-state index in [-0.39, 0.29) is 0 Å². The molecule has 0 atom stereocenters. The first-order valence-electron chi connectivity index (χ1n) is 11.4. The molecule has 0 saturated carbocycles. The van der Waals surface area contributed by atoms with Crippen LogP contribution in [-0.4, -0.2) is 53.6 Å². The molecule has 1 aromatic heterocycles. The summed E-state index contributed by atoms with van der Waals surface area (Å²) in [6.07, 6.45) is 9.99. The van der Waals surface area contributed by atoms with Crippen molar-refractivity contribution in [3.8, 4) is 0 Å². The predicted molar refractivity (Wildman–Crippen MR) is 119 cm³/mol. The summed E-state index contributed by atoms with van der Waals surface area (Å²) in [4.78, 5) is 2.87. The molecular formula is C23H34N4O2S. The van der Waals surface area contributed by atoms with Crippen LogP contribution in [0.1, 0.15) is 50.2 Å². The van der Waals surface area contributed by atoms with Crippen molar-refractivity contribution in [2.24, 2.45) is 5.92 Å². The molecule has 6 nitrogen and oxygen atoms in total. The topological polar surface area (TPSA) is 58.4 Å². The summed E-state index contributed by atoms with van der Waals surface area (Å²) in [5, 5.41) is 4.12. The van der Waals surface area contributed by atoms with Gasteiger partial charge < -0.3 is 0 Å². The minimum absolute atomic E-state index is 0.312. The molecule has 1 aromatic carbocycles. The molecule has 0 spiro atoms. The SMILES string of the molecule is CCn1cc(S(=O)(=O)N2CCC(Cc3ccc(CN4CCCCC4)cc3)CC2)cn1. The lowest BCUT2D eigenvalue weighted by Gasteiger charge is -2.31. The van der Waals surface area contributed by atoms with Crippen LogP contribution in [0, 0.1) is 5.92 Å². The molecule has 2 fully saturated rings. The molecule has 0 radical (unpaired) electrons. The van der Waals surface area contributed by atoms with Crippen molar-refractivity contribution in [2.45, 2.75) is 63.4 Å². The average Bonchev–Trinajstić information content (AvgIpc) is 3.27. The molecule has 30 heavy (non-hydrogen) atoms. The number of aromatic nitrogens is 2. The minimum Gasteiger partial charge on any atom is -0.299 e. The Morgan fingerprint density at radius 3 is 2.27 bits per heavy atom. The van der Waals surface area contributed by atoms with E-state index in [1.165, 1.54) is 49.7 Å². The first-order chi connectivity index (χ1) is 14.5.